The topological polar surface area (TPSA) is 89.7 Å². The Labute approximate surface area is 200 Å². The van der Waals surface area contributed by atoms with Gasteiger partial charge < -0.3 is 13.4 Å². The maximum atomic E-state index is 13.4. The lowest BCUT2D eigenvalue weighted by Crippen LogP contribution is -2.28. The molecule has 9 heteroatoms. The molecule has 0 radical (unpaired) electrons. The molecule has 0 saturated heterocycles. The summed E-state index contributed by atoms with van der Waals surface area (Å²) in [4.78, 5) is 13.4. The second-order valence-corrected chi connectivity index (χ2v) is 10.1. The van der Waals surface area contributed by atoms with Crippen LogP contribution in [0.4, 0.5) is 0 Å². The minimum Gasteiger partial charge on any atom is -0.467 e. The van der Waals surface area contributed by atoms with E-state index in [1.54, 1.807) is 11.3 Å². The van der Waals surface area contributed by atoms with E-state index in [1.165, 1.54) is 24.6 Å². The van der Waals surface area contributed by atoms with Crippen LogP contribution in [0, 0.1) is 0 Å². The van der Waals surface area contributed by atoms with Gasteiger partial charge in [0.2, 0.25) is 0 Å². The first kappa shape index (κ1) is 20.1. The zero-order valence-electron chi connectivity index (χ0n) is 18.5. The first-order valence-corrected chi connectivity index (χ1v) is 12.7. The van der Waals surface area contributed by atoms with Gasteiger partial charge in [0.25, 0.3) is 5.91 Å². The molecule has 0 unspecified atom stereocenters. The van der Waals surface area contributed by atoms with Gasteiger partial charge in [0.05, 0.1) is 12.0 Å². The van der Waals surface area contributed by atoms with E-state index >= 15 is 0 Å². The lowest BCUT2D eigenvalue weighted by molar-refractivity contribution is -0.130. The molecule has 1 aliphatic heterocycles. The van der Waals surface area contributed by atoms with Crippen molar-refractivity contribution in [1.29, 1.82) is 0 Å². The lowest BCUT2D eigenvalue weighted by Gasteiger charge is -2.19. The molecular formula is C25H23N5O3S. The summed E-state index contributed by atoms with van der Waals surface area (Å²) in [7, 11) is 0. The average Bonchev–Trinajstić information content (AvgIpc) is 3.63. The third-order valence-corrected chi connectivity index (χ3v) is 7.55. The molecular weight excluding hydrogens is 450 g/mol. The van der Waals surface area contributed by atoms with Crippen LogP contribution in [-0.4, -0.2) is 37.1 Å². The minimum absolute atomic E-state index is 0.0872. The summed E-state index contributed by atoms with van der Waals surface area (Å²) in [6.07, 6.45) is 6.87. The molecule has 3 aliphatic rings. The number of hydrogen-bond acceptors (Lipinski definition) is 7. The number of nitrogens with zero attached hydrogens (tertiary/aromatic N) is 5. The highest BCUT2D eigenvalue weighted by Crippen LogP contribution is 2.46. The van der Waals surface area contributed by atoms with Gasteiger partial charge in [-0.3, -0.25) is 4.79 Å². The normalized spacial score (nSPS) is 20.3. The molecule has 2 aliphatic carbocycles. The number of carbonyl (C=O) groups is 1. The number of amides is 1. The Hall–Kier alpha value is -3.33. The van der Waals surface area contributed by atoms with Crippen LogP contribution in [0.1, 0.15) is 67.5 Å². The Morgan fingerprint density at radius 1 is 1.09 bits per heavy atom. The molecule has 34 heavy (non-hydrogen) atoms. The zero-order chi connectivity index (χ0) is 22.6. The quantitative estimate of drug-likeness (QED) is 0.338. The monoisotopic (exact) mass is 473 g/mol. The fourth-order valence-electron chi connectivity index (χ4n) is 4.59. The van der Waals surface area contributed by atoms with Gasteiger partial charge in [0.15, 0.2) is 10.9 Å². The summed E-state index contributed by atoms with van der Waals surface area (Å²) in [5.74, 6) is 3.18. The molecule has 2 fully saturated rings. The highest BCUT2D eigenvalue weighted by atomic mass is 32.2. The molecule has 2 saturated carbocycles. The number of rotatable bonds is 7. The zero-order valence-corrected chi connectivity index (χ0v) is 19.3. The Morgan fingerprint density at radius 2 is 1.97 bits per heavy atom. The predicted molar refractivity (Wildman–Crippen MR) is 127 cm³/mol. The van der Waals surface area contributed by atoms with Crippen LogP contribution in [0.2, 0.25) is 0 Å². The standard InChI is InChI=1S/C25H23N5O3S/c31-23(14-34-25-27-26-24(15-7-8-15)29(25)17-9-10-17)30-19(21-6-3-11-32-21)13-18(28-30)22-12-16-4-1-2-5-20(16)33-22/h1-6,11-12,15,17,19H,7-10,13-14H2/t19-/m0/s1. The summed E-state index contributed by atoms with van der Waals surface area (Å²) >= 11 is 1.45. The molecule has 1 aromatic carbocycles. The van der Waals surface area contributed by atoms with Crippen LogP contribution in [0.25, 0.3) is 11.0 Å². The van der Waals surface area contributed by atoms with Crippen molar-refractivity contribution in [3.8, 4) is 0 Å². The number of para-hydroxylation sites is 1. The molecule has 0 spiro atoms. The van der Waals surface area contributed by atoms with Crippen LogP contribution in [0.3, 0.4) is 0 Å². The third kappa shape index (κ3) is 3.55. The van der Waals surface area contributed by atoms with Gasteiger partial charge in [-0.25, -0.2) is 5.01 Å². The molecule has 4 heterocycles. The van der Waals surface area contributed by atoms with Crippen molar-refractivity contribution in [2.24, 2.45) is 5.10 Å². The summed E-state index contributed by atoms with van der Waals surface area (Å²) in [5.41, 5.74) is 1.55. The van der Waals surface area contributed by atoms with Crippen LogP contribution in [-0.2, 0) is 4.79 Å². The lowest BCUT2D eigenvalue weighted by atomic mass is 10.1. The van der Waals surface area contributed by atoms with Crippen molar-refractivity contribution < 1.29 is 13.6 Å². The molecule has 0 N–H and O–H groups in total. The smallest absolute Gasteiger partial charge is 0.253 e. The molecule has 7 rings (SSSR count). The van der Waals surface area contributed by atoms with Gasteiger partial charge in [-0.05, 0) is 49.9 Å². The van der Waals surface area contributed by atoms with Crippen molar-refractivity contribution in [2.45, 2.75) is 55.3 Å². The number of hydrogen-bond donors (Lipinski definition) is 0. The molecule has 3 aromatic heterocycles. The predicted octanol–water partition coefficient (Wildman–Crippen LogP) is 5.30. The van der Waals surface area contributed by atoms with Crippen molar-refractivity contribution >= 4 is 34.3 Å². The largest absolute Gasteiger partial charge is 0.467 e. The van der Waals surface area contributed by atoms with Crippen molar-refractivity contribution in [2.75, 3.05) is 5.75 Å². The molecule has 8 nitrogen and oxygen atoms in total. The maximum Gasteiger partial charge on any atom is 0.253 e. The Bertz CT molecular complexity index is 1360. The SMILES string of the molecule is O=C(CSc1nnc(C2CC2)n1C1CC1)N1N=C(c2cc3ccccc3o2)C[C@H]1c1ccco1. The second kappa shape index (κ2) is 7.87. The van der Waals surface area contributed by atoms with Gasteiger partial charge in [-0.2, -0.15) is 5.10 Å². The van der Waals surface area contributed by atoms with E-state index in [0.717, 1.165) is 40.5 Å². The van der Waals surface area contributed by atoms with Crippen molar-refractivity contribution in [3.63, 3.8) is 0 Å². The first-order chi connectivity index (χ1) is 16.7. The molecule has 1 atom stereocenters. The minimum atomic E-state index is -0.297. The molecule has 0 bridgehead atoms. The van der Waals surface area contributed by atoms with E-state index < -0.39 is 0 Å². The number of fused-ring (bicyclic) bond motifs is 1. The fraction of sp³-hybridized carbons (Fsp3) is 0.360. The van der Waals surface area contributed by atoms with E-state index in [2.05, 4.69) is 14.8 Å². The summed E-state index contributed by atoms with van der Waals surface area (Å²) in [5, 5.41) is 17.0. The van der Waals surface area contributed by atoms with E-state index in [-0.39, 0.29) is 17.7 Å². The second-order valence-electron chi connectivity index (χ2n) is 9.17. The summed E-state index contributed by atoms with van der Waals surface area (Å²) in [6, 6.07) is 13.8. The van der Waals surface area contributed by atoms with E-state index in [9.17, 15) is 4.79 Å². The highest BCUT2D eigenvalue weighted by molar-refractivity contribution is 7.99. The summed E-state index contributed by atoms with van der Waals surface area (Å²) in [6.45, 7) is 0. The molecule has 1 amide bonds. The van der Waals surface area contributed by atoms with Crippen molar-refractivity contribution in [3.05, 3.63) is 66.1 Å². The highest BCUT2D eigenvalue weighted by Gasteiger charge is 2.38. The Morgan fingerprint density at radius 3 is 2.74 bits per heavy atom. The van der Waals surface area contributed by atoms with Crippen LogP contribution in [0.15, 0.2) is 67.8 Å². The van der Waals surface area contributed by atoms with Gasteiger partial charge in [-0.15, -0.1) is 10.2 Å². The first-order valence-electron chi connectivity index (χ1n) is 11.7. The van der Waals surface area contributed by atoms with E-state index in [4.69, 9.17) is 13.9 Å². The number of hydrazone groups is 1. The van der Waals surface area contributed by atoms with Gasteiger partial charge in [0, 0.05) is 23.8 Å². The van der Waals surface area contributed by atoms with E-state index in [0.29, 0.717) is 29.9 Å². The molecule has 172 valence electrons. The Kier molecular flexibility index (Phi) is 4.65. The molecule has 4 aromatic rings. The van der Waals surface area contributed by atoms with Crippen LogP contribution in [0.5, 0.6) is 0 Å². The number of benzene rings is 1. The van der Waals surface area contributed by atoms with E-state index in [1.807, 2.05) is 42.5 Å². The fourth-order valence-corrected chi connectivity index (χ4v) is 5.46. The summed E-state index contributed by atoms with van der Waals surface area (Å²) < 4.78 is 14.0. The van der Waals surface area contributed by atoms with Crippen LogP contribution < -0.4 is 0 Å². The van der Waals surface area contributed by atoms with Crippen LogP contribution >= 0.6 is 11.8 Å². The maximum absolute atomic E-state index is 13.4. The Balaban J connectivity index is 1.15. The number of thioether (sulfide) groups is 1. The van der Waals surface area contributed by atoms with Gasteiger partial charge >= 0.3 is 0 Å². The number of furan rings is 2. The average molecular weight is 474 g/mol. The third-order valence-electron chi connectivity index (χ3n) is 6.62. The van der Waals surface area contributed by atoms with Gasteiger partial charge in [0.1, 0.15) is 28.9 Å². The number of carbonyl (C=O) groups excluding carboxylic acids is 1. The van der Waals surface area contributed by atoms with Gasteiger partial charge in [-0.1, -0.05) is 30.0 Å². The van der Waals surface area contributed by atoms with Crippen molar-refractivity contribution in [1.82, 2.24) is 19.8 Å². The number of aromatic nitrogens is 3.